The maximum Gasteiger partial charge on any atom is 0.224 e. The minimum absolute atomic E-state index is 0.0615. The zero-order chi connectivity index (χ0) is 15.3. The fourth-order valence-corrected chi connectivity index (χ4v) is 2.66. The van der Waals surface area contributed by atoms with Crippen LogP contribution >= 0.6 is 0 Å². The maximum absolute atomic E-state index is 12.0. The Morgan fingerprint density at radius 2 is 1.57 bits per heavy atom. The highest BCUT2D eigenvalue weighted by atomic mass is 16.2. The van der Waals surface area contributed by atoms with Crippen LogP contribution in [0, 0.1) is 0 Å². The highest BCUT2D eigenvalue weighted by molar-refractivity contribution is 5.79. The van der Waals surface area contributed by atoms with Crippen LogP contribution in [0.3, 0.4) is 0 Å². The van der Waals surface area contributed by atoms with Gasteiger partial charge in [-0.2, -0.15) is 0 Å². The van der Waals surface area contributed by atoms with Gasteiger partial charge in [-0.3, -0.25) is 9.59 Å². The summed E-state index contributed by atoms with van der Waals surface area (Å²) in [5, 5.41) is 2.85. The Morgan fingerprint density at radius 1 is 0.905 bits per heavy atom. The Kier molecular flexibility index (Phi) is 9.87. The fraction of sp³-hybridized carbons (Fsp3) is 0.875. The topological polar surface area (TPSA) is 75.4 Å². The maximum atomic E-state index is 12.0. The molecule has 3 N–H and O–H groups in total. The van der Waals surface area contributed by atoms with E-state index >= 15 is 0 Å². The molecule has 1 saturated heterocycles. The van der Waals surface area contributed by atoms with E-state index in [0.29, 0.717) is 19.4 Å². The first kappa shape index (κ1) is 18.0. The van der Waals surface area contributed by atoms with Crippen molar-refractivity contribution in [2.45, 2.75) is 64.2 Å². The molecule has 0 spiro atoms. The summed E-state index contributed by atoms with van der Waals surface area (Å²) in [6.07, 6.45) is 9.75. The predicted octanol–water partition coefficient (Wildman–Crippen LogP) is 1.80. The lowest BCUT2D eigenvalue weighted by Gasteiger charge is -2.20. The Hall–Kier alpha value is -1.10. The molecule has 5 heteroatoms. The monoisotopic (exact) mass is 297 g/mol. The lowest BCUT2D eigenvalue weighted by molar-refractivity contribution is -0.131. The van der Waals surface area contributed by atoms with Crippen molar-refractivity contribution in [2.24, 2.45) is 5.73 Å². The zero-order valence-electron chi connectivity index (χ0n) is 13.2. The van der Waals surface area contributed by atoms with E-state index < -0.39 is 0 Å². The van der Waals surface area contributed by atoms with Gasteiger partial charge in [-0.1, -0.05) is 25.7 Å². The molecule has 0 aromatic heterocycles. The number of unbranched alkanes of at least 4 members (excludes halogenated alkanes) is 3. The molecule has 1 fully saturated rings. The van der Waals surface area contributed by atoms with Gasteiger partial charge in [0.2, 0.25) is 11.8 Å². The van der Waals surface area contributed by atoms with Crippen molar-refractivity contribution in [3.05, 3.63) is 0 Å². The second-order valence-corrected chi connectivity index (χ2v) is 5.85. The number of nitrogens with one attached hydrogen (secondary N) is 1. The van der Waals surface area contributed by atoms with Crippen LogP contribution in [0.4, 0.5) is 0 Å². The molecular formula is C16H31N3O2. The average molecular weight is 297 g/mol. The predicted molar refractivity (Wildman–Crippen MR) is 84.8 cm³/mol. The first-order valence-electron chi connectivity index (χ1n) is 8.48. The zero-order valence-corrected chi connectivity index (χ0v) is 13.2. The molecule has 5 nitrogen and oxygen atoms in total. The smallest absolute Gasteiger partial charge is 0.224 e. The van der Waals surface area contributed by atoms with Gasteiger partial charge in [0, 0.05) is 32.5 Å². The minimum Gasteiger partial charge on any atom is -0.356 e. The molecule has 1 rings (SSSR count). The highest BCUT2D eigenvalue weighted by Crippen LogP contribution is 2.10. The number of carbonyl (C=O) groups excluding carboxylic acids is 2. The SMILES string of the molecule is NCCCCCCC(=O)NCCC(=O)N1CCCCCC1. The molecule has 2 amide bonds. The number of hydrogen-bond acceptors (Lipinski definition) is 3. The molecule has 0 unspecified atom stereocenters. The van der Waals surface area contributed by atoms with Crippen LogP contribution in [-0.4, -0.2) is 42.9 Å². The Morgan fingerprint density at radius 3 is 2.24 bits per heavy atom. The number of rotatable bonds is 9. The summed E-state index contributed by atoms with van der Waals surface area (Å²) in [7, 11) is 0. The van der Waals surface area contributed by atoms with Crippen LogP contribution in [0.1, 0.15) is 64.2 Å². The highest BCUT2D eigenvalue weighted by Gasteiger charge is 2.15. The van der Waals surface area contributed by atoms with Gasteiger partial charge in [0.1, 0.15) is 0 Å². The Balaban J connectivity index is 2.03. The first-order valence-corrected chi connectivity index (χ1v) is 8.48. The normalized spacial score (nSPS) is 15.6. The van der Waals surface area contributed by atoms with Gasteiger partial charge < -0.3 is 16.0 Å². The van der Waals surface area contributed by atoms with Crippen LogP contribution in [0.2, 0.25) is 0 Å². The molecule has 0 aliphatic carbocycles. The second kappa shape index (κ2) is 11.5. The van der Waals surface area contributed by atoms with Crippen molar-refractivity contribution in [1.82, 2.24) is 10.2 Å². The van der Waals surface area contributed by atoms with E-state index in [0.717, 1.165) is 58.2 Å². The van der Waals surface area contributed by atoms with Gasteiger partial charge >= 0.3 is 0 Å². The number of likely N-dealkylation sites (tertiary alicyclic amines) is 1. The Labute approximate surface area is 128 Å². The number of nitrogens with two attached hydrogens (primary N) is 1. The Bertz CT molecular complexity index is 300. The van der Waals surface area contributed by atoms with E-state index in [1.54, 1.807) is 0 Å². The number of amides is 2. The third-order valence-electron chi connectivity index (χ3n) is 3.98. The van der Waals surface area contributed by atoms with E-state index in [2.05, 4.69) is 5.32 Å². The third-order valence-corrected chi connectivity index (χ3v) is 3.98. The van der Waals surface area contributed by atoms with Crippen molar-refractivity contribution < 1.29 is 9.59 Å². The summed E-state index contributed by atoms with van der Waals surface area (Å²) in [5.74, 6) is 0.242. The van der Waals surface area contributed by atoms with Crippen LogP contribution in [0.5, 0.6) is 0 Å². The minimum atomic E-state index is 0.0615. The molecule has 0 atom stereocenters. The lowest BCUT2D eigenvalue weighted by atomic mass is 10.1. The molecule has 1 aliphatic rings. The van der Waals surface area contributed by atoms with Crippen molar-refractivity contribution in [3.8, 4) is 0 Å². The molecule has 0 bridgehead atoms. The van der Waals surface area contributed by atoms with E-state index in [1.165, 1.54) is 12.8 Å². The third kappa shape index (κ3) is 8.71. The van der Waals surface area contributed by atoms with Crippen LogP contribution in [-0.2, 0) is 9.59 Å². The number of hydrogen-bond donors (Lipinski definition) is 2. The summed E-state index contributed by atoms with van der Waals surface area (Å²) in [5.41, 5.74) is 5.42. The molecule has 0 aromatic rings. The summed E-state index contributed by atoms with van der Waals surface area (Å²) in [6, 6.07) is 0. The van der Waals surface area contributed by atoms with E-state index in [9.17, 15) is 9.59 Å². The van der Waals surface area contributed by atoms with Gasteiger partial charge in [-0.25, -0.2) is 0 Å². The van der Waals surface area contributed by atoms with Crippen LogP contribution in [0.15, 0.2) is 0 Å². The fourth-order valence-electron chi connectivity index (χ4n) is 2.66. The molecule has 1 heterocycles. The van der Waals surface area contributed by atoms with E-state index in [-0.39, 0.29) is 11.8 Å². The first-order chi connectivity index (χ1) is 10.2. The van der Waals surface area contributed by atoms with E-state index in [1.807, 2.05) is 4.90 Å². The largest absolute Gasteiger partial charge is 0.356 e. The average Bonchev–Trinajstić information content (AvgIpc) is 2.76. The summed E-state index contributed by atoms with van der Waals surface area (Å²) >= 11 is 0. The van der Waals surface area contributed by atoms with Gasteiger partial charge in [-0.05, 0) is 32.2 Å². The van der Waals surface area contributed by atoms with Crippen molar-refractivity contribution in [2.75, 3.05) is 26.2 Å². The summed E-state index contributed by atoms with van der Waals surface area (Å²) in [6.45, 7) is 2.96. The molecule has 1 aliphatic heterocycles. The molecule has 0 saturated carbocycles. The molecular weight excluding hydrogens is 266 g/mol. The molecule has 21 heavy (non-hydrogen) atoms. The lowest BCUT2D eigenvalue weighted by Crippen LogP contribution is -2.35. The summed E-state index contributed by atoms with van der Waals surface area (Å²) in [4.78, 5) is 25.6. The standard InChI is InChI=1S/C16H31N3O2/c17-11-6-2-1-5-9-15(20)18-12-10-16(21)19-13-7-3-4-8-14-19/h1-14,17H2,(H,18,20). The summed E-state index contributed by atoms with van der Waals surface area (Å²) < 4.78 is 0. The van der Waals surface area contributed by atoms with Gasteiger partial charge in [0.15, 0.2) is 0 Å². The van der Waals surface area contributed by atoms with Crippen molar-refractivity contribution in [1.29, 1.82) is 0 Å². The van der Waals surface area contributed by atoms with E-state index in [4.69, 9.17) is 5.73 Å². The van der Waals surface area contributed by atoms with Crippen molar-refractivity contribution >= 4 is 11.8 Å². The van der Waals surface area contributed by atoms with Gasteiger partial charge in [0.25, 0.3) is 0 Å². The van der Waals surface area contributed by atoms with Crippen molar-refractivity contribution in [3.63, 3.8) is 0 Å². The number of nitrogens with zero attached hydrogens (tertiary/aromatic N) is 1. The molecule has 0 aromatic carbocycles. The van der Waals surface area contributed by atoms with Crippen LogP contribution < -0.4 is 11.1 Å². The molecule has 0 radical (unpaired) electrons. The van der Waals surface area contributed by atoms with Gasteiger partial charge in [-0.15, -0.1) is 0 Å². The molecule has 122 valence electrons. The van der Waals surface area contributed by atoms with Gasteiger partial charge in [0.05, 0.1) is 0 Å². The van der Waals surface area contributed by atoms with Crippen LogP contribution in [0.25, 0.3) is 0 Å². The quantitative estimate of drug-likeness (QED) is 0.637. The second-order valence-electron chi connectivity index (χ2n) is 5.85. The number of carbonyl (C=O) groups is 2.